The first-order chi connectivity index (χ1) is 16.3. The summed E-state index contributed by atoms with van der Waals surface area (Å²) in [7, 11) is -0.262. The Morgan fingerprint density at radius 2 is 0.941 bits per heavy atom. The van der Waals surface area contributed by atoms with Gasteiger partial charge in [0.05, 0.1) is 11.2 Å². The van der Waals surface area contributed by atoms with Gasteiger partial charge >= 0.3 is 7.12 Å². The highest BCUT2D eigenvalue weighted by Gasteiger charge is 2.50. The molecule has 0 spiro atoms. The lowest BCUT2D eigenvalue weighted by atomic mass is 9.80. The normalized spacial score (nSPS) is 16.5. The molecule has 34 heavy (non-hydrogen) atoms. The summed E-state index contributed by atoms with van der Waals surface area (Å²) in [4.78, 5) is 14.4. The molecule has 1 aliphatic rings. The third-order valence-corrected chi connectivity index (χ3v) is 6.62. The molecule has 6 heteroatoms. The van der Waals surface area contributed by atoms with Gasteiger partial charge in [-0.3, -0.25) is 0 Å². The maximum absolute atomic E-state index is 6.16. The summed E-state index contributed by atoms with van der Waals surface area (Å²) in [6.45, 7) is 8.30. The number of rotatable bonds is 5. The molecule has 0 radical (unpaired) electrons. The Labute approximate surface area is 201 Å². The fraction of sp³-hybridized carbons (Fsp3) is 0.250. The smallest absolute Gasteiger partial charge is 0.403 e. The molecule has 0 aliphatic carbocycles. The number of nitrogens with zero attached hydrogens (tertiary/aromatic N) is 3. The fourth-order valence-corrected chi connectivity index (χ4v) is 3.97. The lowest BCUT2D eigenvalue weighted by molar-refractivity contribution is 0.00578. The van der Waals surface area contributed by atoms with E-state index in [1.807, 2.05) is 60.7 Å². The second-order valence-electron chi connectivity index (χ2n) is 9.63. The van der Waals surface area contributed by atoms with Gasteiger partial charge in [-0.1, -0.05) is 84.9 Å². The van der Waals surface area contributed by atoms with E-state index >= 15 is 0 Å². The van der Waals surface area contributed by atoms with E-state index in [2.05, 4.69) is 52.0 Å². The van der Waals surface area contributed by atoms with Gasteiger partial charge in [0.15, 0.2) is 17.5 Å². The van der Waals surface area contributed by atoms with Crippen molar-refractivity contribution >= 4 is 7.12 Å². The summed E-state index contributed by atoms with van der Waals surface area (Å²) in [5, 5.41) is 0. The van der Waals surface area contributed by atoms with E-state index in [4.69, 9.17) is 24.3 Å². The Kier molecular flexibility index (Phi) is 5.80. The number of hydrogen-bond acceptors (Lipinski definition) is 5. The molecule has 0 atom stereocenters. The van der Waals surface area contributed by atoms with E-state index in [0.717, 1.165) is 22.3 Å². The van der Waals surface area contributed by atoms with Gasteiger partial charge in [0, 0.05) is 23.0 Å². The molecule has 5 rings (SSSR count). The van der Waals surface area contributed by atoms with E-state index in [1.165, 1.54) is 0 Å². The summed E-state index contributed by atoms with van der Waals surface area (Å²) in [5.74, 6) is 1.96. The summed E-state index contributed by atoms with van der Waals surface area (Å²) >= 11 is 0. The first kappa shape index (κ1) is 22.4. The SMILES string of the molecule is CC1(C)OB(Cc2ccc(-c3nc(-c4ccccc4)nc(-c4ccccc4)n3)cc2)OC1(C)C. The van der Waals surface area contributed by atoms with Crippen LogP contribution in [-0.4, -0.2) is 33.3 Å². The van der Waals surface area contributed by atoms with Crippen molar-refractivity contribution in [2.75, 3.05) is 0 Å². The summed E-state index contributed by atoms with van der Waals surface area (Å²) in [6, 6.07) is 28.3. The highest BCUT2D eigenvalue weighted by Crippen LogP contribution is 2.37. The van der Waals surface area contributed by atoms with Crippen LogP contribution in [0.25, 0.3) is 34.2 Å². The Bertz CT molecular complexity index is 1200. The van der Waals surface area contributed by atoms with Crippen LogP contribution in [0.2, 0.25) is 0 Å². The van der Waals surface area contributed by atoms with Crippen molar-refractivity contribution in [3.63, 3.8) is 0 Å². The molecule has 1 aromatic heterocycles. The molecular weight excluding hydrogens is 421 g/mol. The van der Waals surface area contributed by atoms with Crippen molar-refractivity contribution in [3.05, 3.63) is 90.5 Å². The van der Waals surface area contributed by atoms with Crippen molar-refractivity contribution in [1.29, 1.82) is 0 Å². The Morgan fingerprint density at radius 1 is 0.559 bits per heavy atom. The number of aromatic nitrogens is 3. The molecule has 0 saturated carbocycles. The number of hydrogen-bond donors (Lipinski definition) is 0. The molecule has 170 valence electrons. The third kappa shape index (κ3) is 4.52. The molecule has 2 heterocycles. The van der Waals surface area contributed by atoms with Crippen LogP contribution in [0.5, 0.6) is 0 Å². The summed E-state index contributed by atoms with van der Waals surface area (Å²) in [6.07, 6.45) is 0.689. The molecule has 4 aromatic rings. The Morgan fingerprint density at radius 3 is 1.35 bits per heavy atom. The lowest BCUT2D eigenvalue weighted by Crippen LogP contribution is -2.41. The van der Waals surface area contributed by atoms with Crippen LogP contribution >= 0.6 is 0 Å². The maximum atomic E-state index is 6.16. The highest BCUT2D eigenvalue weighted by molar-refractivity contribution is 6.45. The average Bonchev–Trinajstić information content (AvgIpc) is 3.05. The van der Waals surface area contributed by atoms with Crippen molar-refractivity contribution in [2.24, 2.45) is 0 Å². The van der Waals surface area contributed by atoms with Crippen molar-refractivity contribution in [1.82, 2.24) is 15.0 Å². The monoisotopic (exact) mass is 449 g/mol. The van der Waals surface area contributed by atoms with Crippen LogP contribution in [0, 0.1) is 0 Å². The van der Waals surface area contributed by atoms with Gasteiger partial charge < -0.3 is 9.31 Å². The van der Waals surface area contributed by atoms with Crippen LogP contribution in [0.15, 0.2) is 84.9 Å². The molecule has 1 saturated heterocycles. The van der Waals surface area contributed by atoms with Gasteiger partial charge in [-0.2, -0.15) is 0 Å². The molecule has 1 fully saturated rings. The van der Waals surface area contributed by atoms with Gasteiger partial charge in [0.25, 0.3) is 0 Å². The zero-order chi connectivity index (χ0) is 23.8. The van der Waals surface area contributed by atoms with E-state index in [0.29, 0.717) is 23.8 Å². The minimum absolute atomic E-state index is 0.262. The molecule has 0 amide bonds. The van der Waals surface area contributed by atoms with E-state index < -0.39 is 0 Å². The fourth-order valence-electron chi connectivity index (χ4n) is 3.97. The lowest BCUT2D eigenvalue weighted by Gasteiger charge is -2.32. The maximum Gasteiger partial charge on any atom is 0.462 e. The molecule has 0 N–H and O–H groups in total. The quantitative estimate of drug-likeness (QED) is 0.348. The van der Waals surface area contributed by atoms with Crippen LogP contribution < -0.4 is 0 Å². The molecule has 5 nitrogen and oxygen atoms in total. The third-order valence-electron chi connectivity index (χ3n) is 6.62. The van der Waals surface area contributed by atoms with Gasteiger partial charge in [-0.15, -0.1) is 0 Å². The largest absolute Gasteiger partial charge is 0.462 e. The minimum atomic E-state index is -0.329. The Hall–Kier alpha value is -3.35. The second-order valence-corrected chi connectivity index (χ2v) is 9.63. The van der Waals surface area contributed by atoms with Gasteiger partial charge in [-0.05, 0) is 33.3 Å². The van der Waals surface area contributed by atoms with Crippen molar-refractivity contribution in [3.8, 4) is 34.2 Å². The van der Waals surface area contributed by atoms with Gasteiger partial charge in [0.1, 0.15) is 0 Å². The first-order valence-corrected chi connectivity index (χ1v) is 11.6. The molecule has 0 unspecified atom stereocenters. The second kappa shape index (κ2) is 8.78. The van der Waals surface area contributed by atoms with Crippen LogP contribution in [0.3, 0.4) is 0 Å². The molecule has 0 bridgehead atoms. The van der Waals surface area contributed by atoms with Crippen LogP contribution in [0.4, 0.5) is 0 Å². The molecule has 3 aromatic carbocycles. The topological polar surface area (TPSA) is 57.1 Å². The minimum Gasteiger partial charge on any atom is -0.403 e. The van der Waals surface area contributed by atoms with Gasteiger partial charge in [0.2, 0.25) is 0 Å². The van der Waals surface area contributed by atoms with E-state index in [1.54, 1.807) is 0 Å². The van der Waals surface area contributed by atoms with E-state index in [-0.39, 0.29) is 18.3 Å². The summed E-state index contributed by atoms with van der Waals surface area (Å²) in [5.41, 5.74) is 3.34. The summed E-state index contributed by atoms with van der Waals surface area (Å²) < 4.78 is 12.3. The van der Waals surface area contributed by atoms with E-state index in [9.17, 15) is 0 Å². The van der Waals surface area contributed by atoms with Gasteiger partial charge in [-0.25, -0.2) is 15.0 Å². The molecular formula is C28H28BN3O2. The first-order valence-electron chi connectivity index (χ1n) is 11.6. The molecule has 1 aliphatic heterocycles. The van der Waals surface area contributed by atoms with Crippen molar-refractivity contribution < 1.29 is 9.31 Å². The zero-order valence-electron chi connectivity index (χ0n) is 20.0. The zero-order valence-corrected chi connectivity index (χ0v) is 20.0. The van der Waals surface area contributed by atoms with Crippen LogP contribution in [-0.2, 0) is 15.6 Å². The number of benzene rings is 3. The highest BCUT2D eigenvalue weighted by atomic mass is 16.7. The average molecular weight is 449 g/mol. The van der Waals surface area contributed by atoms with Crippen LogP contribution in [0.1, 0.15) is 33.3 Å². The standard InChI is InChI=1S/C28H28BN3O2/c1-27(2)28(3,4)34-29(33-27)19-20-15-17-23(18-16-20)26-31-24(21-11-7-5-8-12-21)30-25(32-26)22-13-9-6-10-14-22/h5-18H,19H2,1-4H3. The predicted octanol–water partition coefficient (Wildman–Crippen LogP) is 6.05. The predicted molar refractivity (Wildman–Crippen MR) is 136 cm³/mol. The van der Waals surface area contributed by atoms with Crippen molar-refractivity contribution in [2.45, 2.75) is 45.2 Å². The Balaban J connectivity index is 1.45.